The quantitative estimate of drug-likeness (QED) is 0.808. The highest BCUT2D eigenvalue weighted by molar-refractivity contribution is 6.31. The minimum Gasteiger partial charge on any atom is -0.465 e. The van der Waals surface area contributed by atoms with Crippen molar-refractivity contribution in [2.24, 2.45) is 0 Å². The Bertz CT molecular complexity index is 371. The highest BCUT2D eigenvalue weighted by Crippen LogP contribution is 2.16. The first-order chi connectivity index (χ1) is 7.63. The van der Waals surface area contributed by atoms with Gasteiger partial charge >= 0.3 is 5.97 Å². The zero-order chi connectivity index (χ0) is 12.0. The average molecular weight is 246 g/mol. The van der Waals surface area contributed by atoms with Gasteiger partial charge in [-0.05, 0) is 30.7 Å². The Labute approximate surface area is 98.5 Å². The predicted octanol–water partition coefficient (Wildman–Crippen LogP) is 2.13. The number of benzene rings is 1. The van der Waals surface area contributed by atoms with Crippen molar-refractivity contribution >= 4 is 17.6 Å². The minimum absolute atomic E-state index is 0.0840. The number of hydrogen-bond acceptors (Lipinski definition) is 3. The second-order valence-electron chi connectivity index (χ2n) is 3.14. The van der Waals surface area contributed by atoms with Gasteiger partial charge in [-0.25, -0.2) is 4.39 Å². The molecule has 0 aliphatic carbocycles. The lowest BCUT2D eigenvalue weighted by molar-refractivity contribution is -0.142. The van der Waals surface area contributed by atoms with Gasteiger partial charge in [0, 0.05) is 11.6 Å². The molecule has 0 saturated heterocycles. The van der Waals surface area contributed by atoms with Crippen LogP contribution in [0.4, 0.5) is 4.39 Å². The lowest BCUT2D eigenvalue weighted by Crippen LogP contribution is -2.24. The molecule has 1 aromatic carbocycles. The number of rotatable bonds is 5. The summed E-state index contributed by atoms with van der Waals surface area (Å²) in [4.78, 5) is 11.0. The van der Waals surface area contributed by atoms with E-state index in [0.29, 0.717) is 23.7 Å². The zero-order valence-corrected chi connectivity index (χ0v) is 9.68. The Morgan fingerprint density at radius 1 is 1.56 bits per heavy atom. The van der Waals surface area contributed by atoms with Crippen molar-refractivity contribution in [3.05, 3.63) is 34.6 Å². The molecule has 88 valence electrons. The molecule has 3 nitrogen and oxygen atoms in total. The summed E-state index contributed by atoms with van der Waals surface area (Å²) in [6.07, 6.45) is 0. The van der Waals surface area contributed by atoms with Gasteiger partial charge in [0.05, 0.1) is 13.2 Å². The maximum Gasteiger partial charge on any atom is 0.319 e. The van der Waals surface area contributed by atoms with Crippen molar-refractivity contribution in [2.45, 2.75) is 13.5 Å². The summed E-state index contributed by atoms with van der Waals surface area (Å²) in [6.45, 7) is 2.50. The van der Waals surface area contributed by atoms with Crippen molar-refractivity contribution < 1.29 is 13.9 Å². The van der Waals surface area contributed by atoms with Crippen molar-refractivity contribution in [3.8, 4) is 0 Å². The second-order valence-corrected chi connectivity index (χ2v) is 3.55. The molecule has 0 aromatic heterocycles. The van der Waals surface area contributed by atoms with E-state index in [1.54, 1.807) is 6.92 Å². The molecule has 16 heavy (non-hydrogen) atoms. The number of halogens is 2. The SMILES string of the molecule is CCOC(=O)CNCc1cc(F)ccc1Cl. The Morgan fingerprint density at radius 3 is 3.00 bits per heavy atom. The van der Waals surface area contributed by atoms with E-state index in [2.05, 4.69) is 5.32 Å². The Kier molecular flexibility index (Phi) is 5.22. The number of nitrogens with one attached hydrogen (secondary N) is 1. The van der Waals surface area contributed by atoms with Crippen molar-refractivity contribution in [3.63, 3.8) is 0 Å². The molecular formula is C11H13ClFNO2. The molecule has 0 heterocycles. The van der Waals surface area contributed by atoms with Gasteiger partial charge in [-0.1, -0.05) is 11.6 Å². The lowest BCUT2D eigenvalue weighted by atomic mass is 10.2. The molecular weight excluding hydrogens is 233 g/mol. The van der Waals surface area contributed by atoms with E-state index in [0.717, 1.165) is 0 Å². The van der Waals surface area contributed by atoms with E-state index in [9.17, 15) is 9.18 Å². The van der Waals surface area contributed by atoms with E-state index in [-0.39, 0.29) is 18.3 Å². The van der Waals surface area contributed by atoms with Gasteiger partial charge in [-0.3, -0.25) is 4.79 Å². The van der Waals surface area contributed by atoms with Crippen LogP contribution in [0.25, 0.3) is 0 Å². The van der Waals surface area contributed by atoms with E-state index in [1.165, 1.54) is 18.2 Å². The molecule has 0 unspecified atom stereocenters. The first-order valence-electron chi connectivity index (χ1n) is 4.93. The highest BCUT2D eigenvalue weighted by atomic mass is 35.5. The van der Waals surface area contributed by atoms with Gasteiger partial charge in [-0.15, -0.1) is 0 Å². The van der Waals surface area contributed by atoms with Gasteiger partial charge < -0.3 is 10.1 Å². The van der Waals surface area contributed by atoms with Crippen molar-refractivity contribution in [1.29, 1.82) is 0 Å². The van der Waals surface area contributed by atoms with Crippen LogP contribution in [-0.4, -0.2) is 19.1 Å². The van der Waals surface area contributed by atoms with Crippen molar-refractivity contribution in [1.82, 2.24) is 5.32 Å². The van der Waals surface area contributed by atoms with E-state index < -0.39 is 0 Å². The molecule has 0 spiro atoms. The van der Waals surface area contributed by atoms with E-state index >= 15 is 0 Å². The maximum absolute atomic E-state index is 12.9. The highest BCUT2D eigenvalue weighted by Gasteiger charge is 2.04. The van der Waals surface area contributed by atoms with E-state index in [4.69, 9.17) is 16.3 Å². The van der Waals surface area contributed by atoms with Crippen LogP contribution in [0.3, 0.4) is 0 Å². The molecule has 0 bridgehead atoms. The third-order valence-corrected chi connectivity index (χ3v) is 2.27. The standard InChI is InChI=1S/C11H13ClFNO2/c1-2-16-11(15)7-14-6-8-5-9(13)3-4-10(8)12/h3-5,14H,2,6-7H2,1H3. The fourth-order valence-corrected chi connectivity index (χ4v) is 1.37. The van der Waals surface area contributed by atoms with Gasteiger partial charge in [0.1, 0.15) is 5.82 Å². The summed E-state index contributed by atoms with van der Waals surface area (Å²) in [6, 6.07) is 4.11. The smallest absolute Gasteiger partial charge is 0.319 e. The third kappa shape index (κ3) is 4.16. The predicted molar refractivity (Wildman–Crippen MR) is 59.7 cm³/mol. The summed E-state index contributed by atoms with van der Waals surface area (Å²) in [5.41, 5.74) is 0.617. The number of carbonyl (C=O) groups is 1. The van der Waals surface area contributed by atoms with Crippen molar-refractivity contribution in [2.75, 3.05) is 13.2 Å². The molecule has 0 aliphatic heterocycles. The van der Waals surface area contributed by atoms with Crippen LogP contribution >= 0.6 is 11.6 Å². The first-order valence-corrected chi connectivity index (χ1v) is 5.31. The Morgan fingerprint density at radius 2 is 2.31 bits per heavy atom. The van der Waals surface area contributed by atoms with Crippen LogP contribution in [-0.2, 0) is 16.1 Å². The number of ether oxygens (including phenoxy) is 1. The molecule has 5 heteroatoms. The van der Waals surface area contributed by atoms with Gasteiger partial charge in [-0.2, -0.15) is 0 Å². The minimum atomic E-state index is -0.350. The molecule has 0 radical (unpaired) electrons. The Balaban J connectivity index is 2.42. The fourth-order valence-electron chi connectivity index (χ4n) is 1.19. The van der Waals surface area contributed by atoms with Crippen LogP contribution in [0.1, 0.15) is 12.5 Å². The molecule has 0 aliphatic rings. The lowest BCUT2D eigenvalue weighted by Gasteiger charge is -2.06. The molecule has 1 N–H and O–H groups in total. The Hall–Kier alpha value is -1.13. The maximum atomic E-state index is 12.9. The van der Waals surface area contributed by atoms with Crippen LogP contribution in [0, 0.1) is 5.82 Å². The molecule has 0 atom stereocenters. The van der Waals surface area contributed by atoms with Crippen LogP contribution in [0.15, 0.2) is 18.2 Å². The molecule has 0 amide bonds. The average Bonchev–Trinajstić information content (AvgIpc) is 2.23. The number of hydrogen-bond donors (Lipinski definition) is 1. The summed E-state index contributed by atoms with van der Waals surface area (Å²) < 4.78 is 17.6. The number of esters is 1. The summed E-state index contributed by atoms with van der Waals surface area (Å²) in [5.74, 6) is -0.688. The number of carbonyl (C=O) groups excluding carboxylic acids is 1. The van der Waals surface area contributed by atoms with Gasteiger partial charge in [0.25, 0.3) is 0 Å². The van der Waals surface area contributed by atoms with Crippen LogP contribution < -0.4 is 5.32 Å². The van der Waals surface area contributed by atoms with Crippen LogP contribution in [0.5, 0.6) is 0 Å². The molecule has 0 fully saturated rings. The summed E-state index contributed by atoms with van der Waals surface area (Å²) >= 11 is 5.85. The monoisotopic (exact) mass is 245 g/mol. The molecule has 1 aromatic rings. The largest absolute Gasteiger partial charge is 0.465 e. The van der Waals surface area contributed by atoms with Gasteiger partial charge in [0.15, 0.2) is 0 Å². The topological polar surface area (TPSA) is 38.3 Å². The van der Waals surface area contributed by atoms with E-state index in [1.807, 2.05) is 0 Å². The normalized spacial score (nSPS) is 10.2. The summed E-state index contributed by atoms with van der Waals surface area (Å²) in [5, 5.41) is 3.30. The zero-order valence-electron chi connectivity index (χ0n) is 8.93. The second kappa shape index (κ2) is 6.45. The van der Waals surface area contributed by atoms with Gasteiger partial charge in [0.2, 0.25) is 0 Å². The summed E-state index contributed by atoms with van der Waals surface area (Å²) in [7, 11) is 0. The molecule has 1 rings (SSSR count). The first kappa shape index (κ1) is 12.9. The fraction of sp³-hybridized carbons (Fsp3) is 0.364. The third-order valence-electron chi connectivity index (χ3n) is 1.90. The molecule has 0 saturated carbocycles. The van der Waals surface area contributed by atoms with Crippen LogP contribution in [0.2, 0.25) is 5.02 Å².